The van der Waals surface area contributed by atoms with Crippen LogP contribution < -0.4 is 15.2 Å². The Labute approximate surface area is 103 Å². The van der Waals surface area contributed by atoms with Crippen LogP contribution in [0.4, 0.5) is 0 Å². The standard InChI is InChI=1S/C14H21NO2/c1-16-13-6-7-14(12(8-13)9-15)17-10-11-4-2-3-5-11/h6-8,11H,2-5,9-10,15H2,1H3. The Kier molecular flexibility index (Phi) is 4.26. The smallest absolute Gasteiger partial charge is 0.124 e. The number of benzene rings is 1. The summed E-state index contributed by atoms with van der Waals surface area (Å²) in [5.74, 6) is 2.46. The maximum absolute atomic E-state index is 5.88. The third-order valence-corrected chi connectivity index (χ3v) is 3.44. The van der Waals surface area contributed by atoms with Gasteiger partial charge in [0.1, 0.15) is 11.5 Å². The number of hydrogen-bond acceptors (Lipinski definition) is 3. The van der Waals surface area contributed by atoms with Crippen molar-refractivity contribution in [3.8, 4) is 11.5 Å². The molecule has 0 aromatic heterocycles. The van der Waals surface area contributed by atoms with Crippen molar-refractivity contribution in [1.29, 1.82) is 0 Å². The number of nitrogens with two attached hydrogens (primary N) is 1. The van der Waals surface area contributed by atoms with Gasteiger partial charge in [-0.15, -0.1) is 0 Å². The largest absolute Gasteiger partial charge is 0.497 e. The Morgan fingerprint density at radius 3 is 2.71 bits per heavy atom. The zero-order valence-corrected chi connectivity index (χ0v) is 10.4. The molecule has 1 fully saturated rings. The zero-order chi connectivity index (χ0) is 12.1. The van der Waals surface area contributed by atoms with E-state index in [1.165, 1.54) is 25.7 Å². The first-order valence-corrected chi connectivity index (χ1v) is 6.33. The van der Waals surface area contributed by atoms with Crippen LogP contribution in [0.15, 0.2) is 18.2 Å². The summed E-state index contributed by atoms with van der Waals surface area (Å²) in [6, 6.07) is 5.82. The predicted molar refractivity (Wildman–Crippen MR) is 68.3 cm³/mol. The molecule has 0 bridgehead atoms. The molecule has 94 valence electrons. The molecule has 2 N–H and O–H groups in total. The van der Waals surface area contributed by atoms with E-state index < -0.39 is 0 Å². The molecule has 17 heavy (non-hydrogen) atoms. The van der Waals surface area contributed by atoms with Gasteiger partial charge in [0.2, 0.25) is 0 Å². The molecule has 0 spiro atoms. The van der Waals surface area contributed by atoms with Crippen LogP contribution in [0.2, 0.25) is 0 Å². The Balaban J connectivity index is 1.98. The maximum atomic E-state index is 5.88. The van der Waals surface area contributed by atoms with Crippen LogP contribution in [0.1, 0.15) is 31.2 Å². The van der Waals surface area contributed by atoms with Gasteiger partial charge in [0.25, 0.3) is 0 Å². The Bertz CT molecular complexity index is 359. The molecule has 1 aromatic rings. The summed E-state index contributed by atoms with van der Waals surface area (Å²) in [6.45, 7) is 1.30. The summed E-state index contributed by atoms with van der Waals surface area (Å²) in [7, 11) is 1.66. The van der Waals surface area contributed by atoms with Crippen LogP contribution in [0, 0.1) is 5.92 Å². The molecule has 0 heterocycles. The highest BCUT2D eigenvalue weighted by Crippen LogP contribution is 2.28. The molecule has 0 saturated heterocycles. The summed E-state index contributed by atoms with van der Waals surface area (Å²) >= 11 is 0. The first kappa shape index (κ1) is 12.2. The molecule has 1 aromatic carbocycles. The molecular weight excluding hydrogens is 214 g/mol. The highest BCUT2D eigenvalue weighted by Gasteiger charge is 2.16. The minimum absolute atomic E-state index is 0.483. The van der Waals surface area contributed by atoms with Crippen LogP contribution in [-0.2, 0) is 6.54 Å². The summed E-state index contributed by atoms with van der Waals surface area (Å²) in [4.78, 5) is 0. The summed E-state index contributed by atoms with van der Waals surface area (Å²) < 4.78 is 11.1. The molecule has 0 atom stereocenters. The average molecular weight is 235 g/mol. The van der Waals surface area contributed by atoms with Crippen LogP contribution >= 0.6 is 0 Å². The monoisotopic (exact) mass is 235 g/mol. The topological polar surface area (TPSA) is 44.5 Å². The fraction of sp³-hybridized carbons (Fsp3) is 0.571. The van der Waals surface area contributed by atoms with Crippen LogP contribution in [0.25, 0.3) is 0 Å². The fourth-order valence-electron chi connectivity index (χ4n) is 2.37. The highest BCUT2D eigenvalue weighted by molar-refractivity contribution is 5.40. The van der Waals surface area contributed by atoms with Crippen molar-refractivity contribution in [3.05, 3.63) is 23.8 Å². The van der Waals surface area contributed by atoms with Crippen molar-refractivity contribution in [2.75, 3.05) is 13.7 Å². The molecule has 1 aliphatic carbocycles. The van der Waals surface area contributed by atoms with Gasteiger partial charge in [-0.25, -0.2) is 0 Å². The molecule has 3 nitrogen and oxygen atoms in total. The third kappa shape index (κ3) is 3.13. The van der Waals surface area contributed by atoms with Gasteiger partial charge < -0.3 is 15.2 Å². The van der Waals surface area contributed by atoms with E-state index in [4.69, 9.17) is 15.2 Å². The Morgan fingerprint density at radius 2 is 2.06 bits per heavy atom. The van der Waals surface area contributed by atoms with Gasteiger partial charge in [-0.05, 0) is 37.0 Å². The lowest BCUT2D eigenvalue weighted by atomic mass is 10.1. The minimum Gasteiger partial charge on any atom is -0.497 e. The molecule has 1 aliphatic rings. The van der Waals surface area contributed by atoms with E-state index in [1.54, 1.807) is 7.11 Å². The number of methoxy groups -OCH3 is 1. The zero-order valence-electron chi connectivity index (χ0n) is 10.4. The molecule has 2 rings (SSSR count). The van der Waals surface area contributed by atoms with Crippen LogP contribution in [0.5, 0.6) is 11.5 Å². The number of ether oxygens (including phenoxy) is 2. The first-order valence-electron chi connectivity index (χ1n) is 6.33. The van der Waals surface area contributed by atoms with Gasteiger partial charge in [-0.2, -0.15) is 0 Å². The van der Waals surface area contributed by atoms with Gasteiger partial charge in [-0.1, -0.05) is 12.8 Å². The van der Waals surface area contributed by atoms with Crippen LogP contribution in [0.3, 0.4) is 0 Å². The van der Waals surface area contributed by atoms with Gasteiger partial charge in [0.05, 0.1) is 13.7 Å². The molecule has 0 amide bonds. The second-order valence-corrected chi connectivity index (χ2v) is 4.64. The van der Waals surface area contributed by atoms with Crippen molar-refractivity contribution in [2.24, 2.45) is 11.7 Å². The summed E-state index contributed by atoms with van der Waals surface area (Å²) in [5.41, 5.74) is 6.74. The third-order valence-electron chi connectivity index (χ3n) is 3.44. The van der Waals surface area contributed by atoms with Crippen molar-refractivity contribution in [1.82, 2.24) is 0 Å². The second kappa shape index (κ2) is 5.92. The first-order chi connectivity index (χ1) is 8.33. The second-order valence-electron chi connectivity index (χ2n) is 4.64. The number of rotatable bonds is 5. The van der Waals surface area contributed by atoms with E-state index in [0.29, 0.717) is 6.54 Å². The SMILES string of the molecule is COc1ccc(OCC2CCCC2)c(CN)c1. The molecule has 0 radical (unpaired) electrons. The molecular formula is C14H21NO2. The summed E-state index contributed by atoms with van der Waals surface area (Å²) in [6.07, 6.45) is 5.29. The predicted octanol–water partition coefficient (Wildman–Crippen LogP) is 2.72. The van der Waals surface area contributed by atoms with Gasteiger partial charge >= 0.3 is 0 Å². The van der Waals surface area contributed by atoms with Gasteiger partial charge in [0, 0.05) is 12.1 Å². The molecule has 3 heteroatoms. The number of hydrogen-bond donors (Lipinski definition) is 1. The fourth-order valence-corrected chi connectivity index (χ4v) is 2.37. The van der Waals surface area contributed by atoms with E-state index in [-0.39, 0.29) is 0 Å². The van der Waals surface area contributed by atoms with E-state index in [0.717, 1.165) is 29.6 Å². The minimum atomic E-state index is 0.483. The quantitative estimate of drug-likeness (QED) is 0.853. The van der Waals surface area contributed by atoms with Crippen molar-refractivity contribution >= 4 is 0 Å². The van der Waals surface area contributed by atoms with Gasteiger partial charge in [0.15, 0.2) is 0 Å². The van der Waals surface area contributed by atoms with Crippen LogP contribution in [-0.4, -0.2) is 13.7 Å². The lowest BCUT2D eigenvalue weighted by Gasteiger charge is -2.14. The molecule has 1 saturated carbocycles. The molecule has 0 aliphatic heterocycles. The lowest BCUT2D eigenvalue weighted by Crippen LogP contribution is -2.10. The average Bonchev–Trinajstić information content (AvgIpc) is 2.89. The Hall–Kier alpha value is -1.22. The normalized spacial score (nSPS) is 16.1. The van der Waals surface area contributed by atoms with Crippen molar-refractivity contribution in [3.63, 3.8) is 0 Å². The van der Waals surface area contributed by atoms with Gasteiger partial charge in [-0.3, -0.25) is 0 Å². The Morgan fingerprint density at radius 1 is 1.29 bits per heavy atom. The molecule has 0 unspecified atom stereocenters. The van der Waals surface area contributed by atoms with E-state index in [2.05, 4.69) is 0 Å². The maximum Gasteiger partial charge on any atom is 0.124 e. The van der Waals surface area contributed by atoms with E-state index >= 15 is 0 Å². The lowest BCUT2D eigenvalue weighted by molar-refractivity contribution is 0.249. The van der Waals surface area contributed by atoms with E-state index in [9.17, 15) is 0 Å². The van der Waals surface area contributed by atoms with Crippen molar-refractivity contribution in [2.45, 2.75) is 32.2 Å². The van der Waals surface area contributed by atoms with E-state index in [1.807, 2.05) is 18.2 Å². The highest BCUT2D eigenvalue weighted by atomic mass is 16.5. The summed E-state index contributed by atoms with van der Waals surface area (Å²) in [5, 5.41) is 0. The van der Waals surface area contributed by atoms with Crippen molar-refractivity contribution < 1.29 is 9.47 Å².